The Morgan fingerprint density at radius 1 is 1.44 bits per heavy atom. The van der Waals surface area contributed by atoms with Gasteiger partial charge in [-0.15, -0.1) is 13.2 Å². The molecule has 0 radical (unpaired) electrons. The first-order chi connectivity index (χ1) is 7.39. The molecule has 88 valence electrons. The third-order valence-electron chi connectivity index (χ3n) is 1.79. The molecule has 0 aromatic carbocycles. The molecular weight excluding hydrogens is 227 g/mol. The molecule has 0 atom stereocenters. The van der Waals surface area contributed by atoms with Crippen LogP contribution in [-0.4, -0.2) is 24.7 Å². The fourth-order valence-electron chi connectivity index (χ4n) is 1.16. The molecule has 0 aliphatic rings. The molecule has 4 nitrogen and oxygen atoms in total. The number of hydrogen-bond donors (Lipinski definition) is 0. The van der Waals surface area contributed by atoms with Gasteiger partial charge in [-0.2, -0.15) is 0 Å². The molecule has 0 saturated heterocycles. The van der Waals surface area contributed by atoms with Gasteiger partial charge < -0.3 is 9.47 Å². The Kier molecular flexibility index (Phi) is 3.36. The van der Waals surface area contributed by atoms with Crippen molar-refractivity contribution < 1.29 is 27.4 Å². The molecule has 1 aromatic heterocycles. The van der Waals surface area contributed by atoms with Crippen LogP contribution in [0.5, 0.6) is 11.6 Å². The van der Waals surface area contributed by atoms with Crippen LogP contribution >= 0.6 is 0 Å². The predicted molar refractivity (Wildman–Crippen MR) is 47.6 cm³/mol. The van der Waals surface area contributed by atoms with Crippen LogP contribution in [0.15, 0.2) is 6.20 Å². The van der Waals surface area contributed by atoms with E-state index in [1.165, 1.54) is 14.0 Å². The number of halogens is 3. The van der Waals surface area contributed by atoms with Crippen LogP contribution in [0, 0.1) is 6.92 Å². The number of hydrogen-bond acceptors (Lipinski definition) is 4. The molecule has 0 fully saturated rings. The molecular formula is C9H8F3NO3. The number of aldehydes is 1. The molecule has 1 rings (SSSR count). The maximum Gasteiger partial charge on any atom is 0.574 e. The summed E-state index contributed by atoms with van der Waals surface area (Å²) in [5, 5.41) is 0. The Hall–Kier alpha value is -1.79. The number of ether oxygens (including phenoxy) is 2. The maximum absolute atomic E-state index is 12.0. The van der Waals surface area contributed by atoms with Crippen molar-refractivity contribution in [2.45, 2.75) is 13.3 Å². The van der Waals surface area contributed by atoms with Crippen molar-refractivity contribution in [1.29, 1.82) is 0 Å². The van der Waals surface area contributed by atoms with Gasteiger partial charge in [0.1, 0.15) is 5.75 Å². The van der Waals surface area contributed by atoms with E-state index in [4.69, 9.17) is 4.74 Å². The molecule has 16 heavy (non-hydrogen) atoms. The first-order valence-electron chi connectivity index (χ1n) is 4.13. The largest absolute Gasteiger partial charge is 0.574 e. The van der Waals surface area contributed by atoms with Crippen LogP contribution in [0.25, 0.3) is 0 Å². The van der Waals surface area contributed by atoms with Crippen molar-refractivity contribution in [3.63, 3.8) is 0 Å². The van der Waals surface area contributed by atoms with Gasteiger partial charge in [0, 0.05) is 6.20 Å². The van der Waals surface area contributed by atoms with E-state index in [0.717, 1.165) is 6.20 Å². The average Bonchev–Trinajstić information content (AvgIpc) is 2.19. The Morgan fingerprint density at radius 2 is 2.06 bits per heavy atom. The molecule has 0 aliphatic carbocycles. The fourth-order valence-corrected chi connectivity index (χ4v) is 1.16. The highest BCUT2D eigenvalue weighted by atomic mass is 19.4. The second kappa shape index (κ2) is 4.38. The summed E-state index contributed by atoms with van der Waals surface area (Å²) in [5.74, 6) is -0.612. The van der Waals surface area contributed by atoms with Crippen molar-refractivity contribution in [3.8, 4) is 11.6 Å². The molecule has 0 saturated carbocycles. The van der Waals surface area contributed by atoms with Gasteiger partial charge in [-0.3, -0.25) is 4.79 Å². The van der Waals surface area contributed by atoms with Gasteiger partial charge in [0.15, 0.2) is 6.29 Å². The SMILES string of the molecule is COc1c(C=O)cnc(OC(F)(F)F)c1C. The fraction of sp³-hybridized carbons (Fsp3) is 0.333. The Labute approximate surface area is 89.0 Å². The summed E-state index contributed by atoms with van der Waals surface area (Å²) in [4.78, 5) is 13.9. The quantitative estimate of drug-likeness (QED) is 0.753. The van der Waals surface area contributed by atoms with Gasteiger partial charge in [0.2, 0.25) is 5.88 Å². The highest BCUT2D eigenvalue weighted by Crippen LogP contribution is 2.31. The van der Waals surface area contributed by atoms with Crippen molar-refractivity contribution >= 4 is 6.29 Å². The molecule has 7 heteroatoms. The molecule has 1 heterocycles. The molecule has 0 spiro atoms. The summed E-state index contributed by atoms with van der Waals surface area (Å²) in [5.41, 5.74) is 0.0824. The van der Waals surface area contributed by atoms with Crippen LogP contribution in [-0.2, 0) is 0 Å². The molecule has 0 bridgehead atoms. The molecule has 0 N–H and O–H groups in total. The van der Waals surface area contributed by atoms with Crippen LogP contribution in [0.2, 0.25) is 0 Å². The first kappa shape index (κ1) is 12.3. The van der Waals surface area contributed by atoms with Crippen molar-refractivity contribution in [1.82, 2.24) is 4.98 Å². The van der Waals surface area contributed by atoms with Gasteiger partial charge in [-0.1, -0.05) is 0 Å². The third-order valence-corrected chi connectivity index (χ3v) is 1.79. The van der Waals surface area contributed by atoms with Gasteiger partial charge in [-0.05, 0) is 6.92 Å². The minimum absolute atomic E-state index is 0.0178. The van der Waals surface area contributed by atoms with Crippen molar-refractivity contribution in [2.75, 3.05) is 7.11 Å². The summed E-state index contributed by atoms with van der Waals surface area (Å²) in [6, 6.07) is 0. The minimum atomic E-state index is -4.83. The molecule has 0 amide bonds. The number of pyridine rings is 1. The summed E-state index contributed by atoms with van der Waals surface area (Å²) >= 11 is 0. The zero-order valence-electron chi connectivity index (χ0n) is 8.46. The smallest absolute Gasteiger partial charge is 0.495 e. The van der Waals surface area contributed by atoms with E-state index in [1.54, 1.807) is 0 Å². The Balaban J connectivity index is 3.19. The number of carbonyl (C=O) groups is 1. The predicted octanol–water partition coefficient (Wildman–Crippen LogP) is 2.11. The van der Waals surface area contributed by atoms with E-state index >= 15 is 0 Å². The first-order valence-corrected chi connectivity index (χ1v) is 4.13. The van der Waals surface area contributed by atoms with E-state index in [9.17, 15) is 18.0 Å². The summed E-state index contributed by atoms with van der Waals surface area (Å²) in [6.45, 7) is 1.32. The molecule has 1 aromatic rings. The Morgan fingerprint density at radius 3 is 2.50 bits per heavy atom. The van der Waals surface area contributed by atoms with E-state index in [-0.39, 0.29) is 16.9 Å². The normalized spacial score (nSPS) is 11.1. The van der Waals surface area contributed by atoms with Gasteiger partial charge in [0.05, 0.1) is 18.2 Å². The standard InChI is InChI=1S/C9H8F3NO3/c1-5-7(15-2)6(4-14)3-13-8(5)16-9(10,11)12/h3-4H,1-2H3. The lowest BCUT2D eigenvalue weighted by Crippen LogP contribution is -2.19. The monoisotopic (exact) mass is 235 g/mol. The lowest BCUT2D eigenvalue weighted by Gasteiger charge is -2.13. The summed E-state index contributed by atoms with van der Waals surface area (Å²) < 4.78 is 44.4. The number of methoxy groups -OCH3 is 1. The van der Waals surface area contributed by atoms with E-state index in [2.05, 4.69) is 9.72 Å². The van der Waals surface area contributed by atoms with Crippen LogP contribution < -0.4 is 9.47 Å². The van der Waals surface area contributed by atoms with Gasteiger partial charge >= 0.3 is 6.36 Å². The minimum Gasteiger partial charge on any atom is -0.495 e. The van der Waals surface area contributed by atoms with Crippen LogP contribution in [0.4, 0.5) is 13.2 Å². The topological polar surface area (TPSA) is 48.4 Å². The lowest BCUT2D eigenvalue weighted by molar-refractivity contribution is -0.276. The van der Waals surface area contributed by atoms with E-state index in [1.807, 2.05) is 0 Å². The summed E-state index contributed by atoms with van der Waals surface area (Å²) in [6.07, 6.45) is -3.43. The van der Waals surface area contributed by atoms with E-state index < -0.39 is 12.2 Å². The number of nitrogens with zero attached hydrogens (tertiary/aromatic N) is 1. The highest BCUT2D eigenvalue weighted by molar-refractivity contribution is 5.80. The number of rotatable bonds is 3. The second-order valence-corrected chi connectivity index (χ2v) is 2.84. The second-order valence-electron chi connectivity index (χ2n) is 2.84. The number of alkyl halides is 3. The molecule has 0 unspecified atom stereocenters. The van der Waals surface area contributed by atoms with Crippen molar-refractivity contribution in [2.24, 2.45) is 0 Å². The third kappa shape index (κ3) is 2.62. The number of aromatic nitrogens is 1. The maximum atomic E-state index is 12.0. The summed E-state index contributed by atoms with van der Waals surface area (Å²) in [7, 11) is 1.24. The zero-order valence-corrected chi connectivity index (χ0v) is 8.46. The van der Waals surface area contributed by atoms with E-state index in [0.29, 0.717) is 6.29 Å². The lowest BCUT2D eigenvalue weighted by atomic mass is 10.2. The van der Waals surface area contributed by atoms with Gasteiger partial charge in [0.25, 0.3) is 0 Å². The zero-order chi connectivity index (χ0) is 12.3. The van der Waals surface area contributed by atoms with Crippen molar-refractivity contribution in [3.05, 3.63) is 17.3 Å². The van der Waals surface area contributed by atoms with Crippen LogP contribution in [0.1, 0.15) is 15.9 Å². The highest BCUT2D eigenvalue weighted by Gasteiger charge is 2.33. The van der Waals surface area contributed by atoms with Crippen LogP contribution in [0.3, 0.4) is 0 Å². The average molecular weight is 235 g/mol. The molecule has 0 aliphatic heterocycles. The Bertz CT molecular complexity index is 404. The van der Waals surface area contributed by atoms with Gasteiger partial charge in [-0.25, -0.2) is 4.98 Å². The number of carbonyl (C=O) groups excluding carboxylic acids is 1.